The monoisotopic (exact) mass is 1370 g/mol. The quantitative estimate of drug-likeness (QED) is 0.0206. The third kappa shape index (κ3) is 26.6. The molecule has 0 aliphatic carbocycles. The van der Waals surface area contributed by atoms with Crippen LogP contribution in [-0.2, 0) is 84.8 Å². The van der Waals surface area contributed by atoms with E-state index in [2.05, 4.69) is 73.4 Å². The van der Waals surface area contributed by atoms with Crippen LogP contribution in [0.5, 0.6) is 5.75 Å². The highest BCUT2D eigenvalue weighted by Crippen LogP contribution is 2.33. The molecule has 0 unspecified atom stereocenters. The summed E-state index contributed by atoms with van der Waals surface area (Å²) in [5.74, 6) is -4.59. The highest BCUT2D eigenvalue weighted by molar-refractivity contribution is 8.00. The molecule has 0 spiro atoms. The largest absolute Gasteiger partial charge is 0.508 e. The van der Waals surface area contributed by atoms with Gasteiger partial charge < -0.3 is 94.0 Å². The summed E-state index contributed by atoms with van der Waals surface area (Å²) >= 11 is 1.87. The van der Waals surface area contributed by atoms with Gasteiger partial charge >= 0.3 is 6.03 Å². The standard InChI is InChI=1S/C65H97N17O14S/c1-41(83)56-64(92)76-52(36-44-37-68-40-71-44)63(91)72-48(59(87)70-25-12-28-95-30-32-96-31-29-94-27-11-24-69-55(85)18-6-5-17-54-57-53(39-97-54)77-65(93)79-57)16-8-10-26-82-38-45(80-81-82)35-47(67)58(86)74-50(33-42-13-3-2-4-14-42)62(90)75-51(34-43-19-21-46(84)22-20-43)61(89)73-49(60(88)78-56)15-7-9-23-66/h2-4,13-14,19-22,37-38,40-41,47-54,56-57,83-84H,5-12,15-18,23-36,39,66-67H2,1H3,(H,68,71)(H,69,85)(H,70,87)(H,72,91)(H,73,89)(H,74,86)(H,75,90)(H,76,92)(H,78,88)(H2,77,79,93)/t41-,47-,48-,49-,50-,51-,52-,53+,54+,56-,57+/m0/s1. The van der Waals surface area contributed by atoms with Gasteiger partial charge in [-0.15, -0.1) is 5.10 Å². The van der Waals surface area contributed by atoms with E-state index < -0.39 is 89.7 Å². The van der Waals surface area contributed by atoms with Crippen LogP contribution in [0.1, 0.15) is 106 Å². The Morgan fingerprint density at radius 2 is 1.30 bits per heavy atom. The summed E-state index contributed by atoms with van der Waals surface area (Å²) in [6, 6.07) is 5.54. The topological polar surface area (TPSA) is 454 Å². The average Bonchev–Trinajstić information content (AvgIpc) is 1.66. The third-order valence-electron chi connectivity index (χ3n) is 16.7. The van der Waals surface area contributed by atoms with E-state index >= 15 is 0 Å². The van der Waals surface area contributed by atoms with Crippen LogP contribution in [0.4, 0.5) is 4.79 Å². The van der Waals surface area contributed by atoms with Crippen LogP contribution in [0.2, 0.25) is 0 Å². The number of hydrogen-bond donors (Lipinski definition) is 15. The van der Waals surface area contributed by atoms with Crippen LogP contribution in [0.3, 0.4) is 0 Å². The van der Waals surface area contributed by atoms with Crippen LogP contribution in [0.15, 0.2) is 73.3 Å². The van der Waals surface area contributed by atoms with Crippen molar-refractivity contribution in [2.75, 3.05) is 65.0 Å². The minimum absolute atomic E-state index is 0.00682. The number of nitrogens with zero attached hydrogens (tertiary/aromatic N) is 4. The average molecular weight is 1370 g/mol. The lowest BCUT2D eigenvalue weighted by Gasteiger charge is -2.28. The maximum absolute atomic E-state index is 14.6. The number of aromatic amines is 1. The second kappa shape index (κ2) is 41.1. The Hall–Kier alpha value is -8.27. The molecule has 11 atom stereocenters. The number of H-pyrrole nitrogens is 1. The number of aryl methyl sites for hydroxylation is 1. The van der Waals surface area contributed by atoms with Crippen molar-refractivity contribution < 1.29 is 67.6 Å². The molecular formula is C65H97N17O14S. The van der Waals surface area contributed by atoms with Crippen LogP contribution in [-0.4, -0.2) is 219 Å². The van der Waals surface area contributed by atoms with Crippen LogP contribution in [0, 0.1) is 0 Å². The molecule has 5 heterocycles. The summed E-state index contributed by atoms with van der Waals surface area (Å²) in [6.45, 7) is 4.56. The molecule has 2 fully saturated rings. The van der Waals surface area contributed by atoms with Crippen molar-refractivity contribution in [2.45, 2.75) is 182 Å². The number of phenolic OH excluding ortho intramolecular Hbond substituents is 1. The summed E-state index contributed by atoms with van der Waals surface area (Å²) in [7, 11) is 0. The molecule has 3 aliphatic heterocycles. The maximum atomic E-state index is 14.6. The Morgan fingerprint density at radius 3 is 1.98 bits per heavy atom. The number of hydrogen-bond acceptors (Lipinski definition) is 20. The van der Waals surface area contributed by atoms with Gasteiger partial charge in [-0.1, -0.05) is 54.1 Å². The fraction of sp³-hybridized carbons (Fsp3) is 0.600. The molecule has 3 aliphatic rings. The van der Waals surface area contributed by atoms with Crippen molar-refractivity contribution >= 4 is 65.1 Å². The number of nitrogens with one attached hydrogen (secondary N) is 11. The van der Waals surface area contributed by atoms with Crippen molar-refractivity contribution in [1.82, 2.24) is 78.1 Å². The number of ether oxygens (including phenoxy) is 3. The van der Waals surface area contributed by atoms with E-state index in [4.69, 9.17) is 25.7 Å². The van der Waals surface area contributed by atoms with Crippen LogP contribution >= 0.6 is 11.8 Å². The van der Waals surface area contributed by atoms with Crippen LogP contribution in [0.25, 0.3) is 0 Å². The molecule has 2 aromatic carbocycles. The van der Waals surface area contributed by atoms with Gasteiger partial charge in [-0.2, -0.15) is 11.8 Å². The predicted molar refractivity (Wildman–Crippen MR) is 358 cm³/mol. The van der Waals surface area contributed by atoms with Crippen molar-refractivity contribution in [3.05, 3.63) is 95.8 Å². The normalized spacial score (nSPS) is 23.6. The molecule has 31 nitrogen and oxygen atoms in total. The second-order valence-electron chi connectivity index (χ2n) is 24.5. The zero-order chi connectivity index (χ0) is 69.3. The van der Waals surface area contributed by atoms with E-state index in [-0.39, 0.29) is 94.6 Å². The SMILES string of the molecule is C[C@H](O)[C@@H]1NC(=O)[C@H](CCCCN)NC(=O)[C@H](Cc2ccc(O)cc2)NC(=O)[C@H](Cc2ccccc2)NC(=O)[C@@H](N)Cc2cn(nn2)CCCC[C@@H](C(=O)NCCCOCCOCCOCCCNC(=O)CCCC[C@H]2SC[C@H]3NC(=O)N[C@H]32)NC(=O)[C@H](Cc2c[nH]cn2)NC1=O. The van der Waals surface area contributed by atoms with Gasteiger partial charge in [0.2, 0.25) is 47.3 Å². The summed E-state index contributed by atoms with van der Waals surface area (Å²) in [5, 5.41) is 58.1. The van der Waals surface area contributed by atoms with E-state index in [0.29, 0.717) is 112 Å². The lowest BCUT2D eigenvalue weighted by atomic mass is 10.0. The first-order valence-corrected chi connectivity index (χ1v) is 34.6. The number of imidazole rings is 1. The highest BCUT2D eigenvalue weighted by Gasteiger charge is 2.43. The van der Waals surface area contributed by atoms with Crippen molar-refractivity contribution in [2.24, 2.45) is 11.5 Å². The van der Waals surface area contributed by atoms with E-state index in [0.717, 1.165) is 25.0 Å². The Morgan fingerprint density at radius 1 is 0.680 bits per heavy atom. The van der Waals surface area contributed by atoms with Gasteiger partial charge in [0.15, 0.2) is 0 Å². The maximum Gasteiger partial charge on any atom is 0.315 e. The molecule has 2 bridgehead atoms. The number of thioether (sulfide) groups is 1. The molecule has 7 rings (SSSR count). The Labute approximate surface area is 568 Å². The Balaban J connectivity index is 0.952. The lowest BCUT2D eigenvalue weighted by molar-refractivity contribution is -0.137. The summed E-state index contributed by atoms with van der Waals surface area (Å²) in [6.07, 6.45) is 8.44. The molecule has 2 aromatic heterocycles. The molecule has 0 saturated carbocycles. The van der Waals surface area contributed by atoms with Crippen molar-refractivity contribution in [3.63, 3.8) is 0 Å². The highest BCUT2D eigenvalue weighted by atomic mass is 32.2. The third-order valence-corrected chi connectivity index (χ3v) is 18.2. The molecule has 4 aromatic rings. The summed E-state index contributed by atoms with van der Waals surface area (Å²) < 4.78 is 18.6. The van der Waals surface area contributed by atoms with Crippen LogP contribution < -0.4 is 64.6 Å². The number of aliphatic hydroxyl groups is 1. The predicted octanol–water partition coefficient (Wildman–Crippen LogP) is -1.30. The number of urea groups is 1. The Kier molecular flexibility index (Phi) is 32.2. The summed E-state index contributed by atoms with van der Waals surface area (Å²) in [4.78, 5) is 132. The van der Waals surface area contributed by atoms with Gasteiger partial charge in [0, 0.05) is 88.3 Å². The van der Waals surface area contributed by atoms with Gasteiger partial charge in [0.05, 0.1) is 68.4 Å². The number of carbonyl (C=O) groups excluding carboxylic acids is 9. The molecular weight excluding hydrogens is 1270 g/mol. The zero-order valence-corrected chi connectivity index (χ0v) is 55.8. The molecule has 10 amide bonds. The van der Waals surface area contributed by atoms with E-state index in [1.807, 2.05) is 11.8 Å². The minimum Gasteiger partial charge on any atom is -0.508 e. The van der Waals surface area contributed by atoms with E-state index in [1.165, 1.54) is 31.6 Å². The van der Waals surface area contributed by atoms with Crippen molar-refractivity contribution in [3.8, 4) is 5.75 Å². The number of fused-ring (bicyclic) bond motifs is 3. The molecule has 32 heteroatoms. The number of aromatic nitrogens is 5. The second-order valence-corrected chi connectivity index (χ2v) is 25.7. The number of rotatable bonds is 31. The minimum atomic E-state index is -1.71. The number of aromatic hydroxyl groups is 1. The number of amides is 10. The van der Waals surface area contributed by atoms with Gasteiger partial charge in [-0.05, 0) is 101 Å². The fourth-order valence-corrected chi connectivity index (χ4v) is 12.8. The molecule has 532 valence electrons. The number of unbranched alkanes of at least 4 members (excludes halogenated alkanes) is 2. The van der Waals surface area contributed by atoms with E-state index in [1.54, 1.807) is 53.3 Å². The molecule has 97 heavy (non-hydrogen) atoms. The Bertz CT molecular complexity index is 3110. The molecule has 17 N–H and O–H groups in total. The van der Waals surface area contributed by atoms with Gasteiger partial charge in [0.25, 0.3) is 0 Å². The van der Waals surface area contributed by atoms with E-state index in [9.17, 15) is 53.4 Å². The van der Waals surface area contributed by atoms with Crippen molar-refractivity contribution in [1.29, 1.82) is 0 Å². The molecule has 0 radical (unpaired) electrons. The lowest BCUT2D eigenvalue weighted by Crippen LogP contribution is -2.62. The molecule has 2 saturated heterocycles. The number of benzene rings is 2. The first-order chi connectivity index (χ1) is 46.9. The number of aliphatic hydroxyl groups excluding tert-OH is 1. The smallest absolute Gasteiger partial charge is 0.315 e. The number of carbonyl (C=O) groups is 9. The zero-order valence-electron chi connectivity index (χ0n) is 55.0. The number of phenols is 1. The number of nitrogens with two attached hydrogens (primary N) is 2. The van der Waals surface area contributed by atoms with Gasteiger partial charge in [-0.3, -0.25) is 43.0 Å². The summed E-state index contributed by atoms with van der Waals surface area (Å²) in [5.41, 5.74) is 14.2. The van der Waals surface area contributed by atoms with Gasteiger partial charge in [0.1, 0.15) is 42.0 Å². The first-order valence-electron chi connectivity index (χ1n) is 33.5. The van der Waals surface area contributed by atoms with Gasteiger partial charge in [-0.25, -0.2) is 9.78 Å². The fourth-order valence-electron chi connectivity index (χ4n) is 11.3. The first kappa shape index (κ1) is 76.1.